The van der Waals surface area contributed by atoms with E-state index in [0.29, 0.717) is 41.7 Å². The highest BCUT2D eigenvalue weighted by Crippen LogP contribution is 2.83. The Morgan fingerprint density at radius 1 is 1.07 bits per heavy atom. The Hall–Kier alpha value is -0.500. The summed E-state index contributed by atoms with van der Waals surface area (Å²) in [7, 11) is 4.04. The molecule has 6 aliphatic carbocycles. The molecule has 6 heteroatoms. The third-order valence-corrected chi connectivity index (χ3v) is 14.9. The lowest BCUT2D eigenvalue weighted by Gasteiger charge is -2.75. The second-order valence-electron chi connectivity index (χ2n) is 16.8. The molecule has 6 N–H and O–H groups in total. The summed E-state index contributed by atoms with van der Waals surface area (Å²) in [6, 6.07) is 1.27. The van der Waals surface area contributed by atoms with Crippen LogP contribution in [-0.4, -0.2) is 72.4 Å². The summed E-state index contributed by atoms with van der Waals surface area (Å²) in [5.41, 5.74) is -0.610. The van der Waals surface area contributed by atoms with Crippen LogP contribution < -0.4 is 16.0 Å². The standard InChI is InChI=1S/C35H59N3O3/c1-21(28(19-39)37-4)6-5-7-22-12-27-30-24(9-10-25(38-30)18-36-3)16-35-29(17-33(27,35)14-22)34(41)15-23-8-11-26(31(35)40)32(2,13-23)20-34/h8,11,21-31,36-41H,5-7,9-10,12-20H2,1-4H3. The summed E-state index contributed by atoms with van der Waals surface area (Å²) < 4.78 is 0. The molecule has 6 nitrogen and oxygen atoms in total. The number of hydrogen-bond acceptors (Lipinski definition) is 6. The predicted octanol–water partition coefficient (Wildman–Crippen LogP) is 3.85. The molecule has 0 radical (unpaired) electrons. The lowest BCUT2D eigenvalue weighted by atomic mass is 9.30. The quantitative estimate of drug-likeness (QED) is 0.236. The fourth-order valence-electron chi connectivity index (χ4n) is 13.4. The molecular weight excluding hydrogens is 510 g/mol. The van der Waals surface area contributed by atoms with Crippen LogP contribution in [-0.2, 0) is 0 Å². The molecule has 2 spiro atoms. The average Bonchev–Trinajstić information content (AvgIpc) is 3.31. The first-order chi connectivity index (χ1) is 19.6. The summed E-state index contributed by atoms with van der Waals surface area (Å²) >= 11 is 0. The minimum absolute atomic E-state index is 0.0128. The molecule has 6 fully saturated rings. The zero-order valence-corrected chi connectivity index (χ0v) is 26.2. The summed E-state index contributed by atoms with van der Waals surface area (Å²) in [5, 5.41) is 46.1. The molecule has 0 aromatic heterocycles. The third kappa shape index (κ3) is 4.09. The van der Waals surface area contributed by atoms with Gasteiger partial charge in [-0.1, -0.05) is 38.8 Å². The van der Waals surface area contributed by atoms with Crippen LogP contribution in [0.1, 0.15) is 90.9 Å². The monoisotopic (exact) mass is 569 g/mol. The highest BCUT2D eigenvalue weighted by Gasteiger charge is 2.82. The van der Waals surface area contributed by atoms with Crippen molar-refractivity contribution in [1.82, 2.24) is 16.0 Å². The fraction of sp³-hybridized carbons (Fsp3) is 0.943. The summed E-state index contributed by atoms with van der Waals surface area (Å²) in [4.78, 5) is 0. The molecule has 1 saturated heterocycles. The van der Waals surface area contributed by atoms with Gasteiger partial charge in [0.2, 0.25) is 0 Å². The third-order valence-electron chi connectivity index (χ3n) is 14.9. The molecule has 0 aromatic rings. The number of nitrogens with one attached hydrogen (secondary N) is 3. The van der Waals surface area contributed by atoms with Crippen LogP contribution in [0, 0.1) is 57.7 Å². The number of likely N-dealkylation sites (N-methyl/N-ethyl adjacent to an activating group) is 2. The number of piperidine rings is 1. The number of fused-ring (bicyclic) bond motifs is 5. The maximum Gasteiger partial charge on any atom is 0.0693 e. The Morgan fingerprint density at radius 2 is 1.90 bits per heavy atom. The Morgan fingerprint density at radius 3 is 2.66 bits per heavy atom. The fourth-order valence-corrected chi connectivity index (χ4v) is 13.4. The molecule has 0 aromatic carbocycles. The van der Waals surface area contributed by atoms with Gasteiger partial charge in [0.15, 0.2) is 0 Å². The maximum atomic E-state index is 12.8. The Labute approximate surface area is 248 Å². The molecule has 7 rings (SSSR count). The lowest BCUT2D eigenvalue weighted by Crippen LogP contribution is -2.76. The Balaban J connectivity index is 1.21. The van der Waals surface area contributed by atoms with Crippen molar-refractivity contribution >= 4 is 0 Å². The van der Waals surface area contributed by atoms with Crippen molar-refractivity contribution in [3.05, 3.63) is 12.2 Å². The molecular formula is C35H59N3O3. The molecule has 0 amide bonds. The molecule has 1 heterocycles. The van der Waals surface area contributed by atoms with Crippen LogP contribution in [0.5, 0.6) is 0 Å². The summed E-state index contributed by atoms with van der Waals surface area (Å²) in [5.74, 6) is 3.27. The van der Waals surface area contributed by atoms with E-state index in [1.807, 2.05) is 7.05 Å². The van der Waals surface area contributed by atoms with Crippen molar-refractivity contribution in [1.29, 1.82) is 0 Å². The topological polar surface area (TPSA) is 96.8 Å². The van der Waals surface area contributed by atoms with E-state index in [0.717, 1.165) is 45.1 Å². The van der Waals surface area contributed by atoms with Gasteiger partial charge in [0.25, 0.3) is 0 Å². The van der Waals surface area contributed by atoms with Gasteiger partial charge in [0.05, 0.1) is 18.3 Å². The SMILES string of the molecule is CNCC1CCC2CC34C(O)C5C=CC6CC5(C)CC(O)(C6)C3CC43CC(CCCC(C)C(CO)NC)CC3C2N1. The predicted molar refractivity (Wildman–Crippen MR) is 163 cm³/mol. The van der Waals surface area contributed by atoms with Crippen molar-refractivity contribution < 1.29 is 15.3 Å². The van der Waals surface area contributed by atoms with E-state index < -0.39 is 5.60 Å². The second-order valence-corrected chi connectivity index (χ2v) is 16.8. The van der Waals surface area contributed by atoms with Gasteiger partial charge < -0.3 is 31.3 Å². The first-order valence-electron chi connectivity index (χ1n) is 17.4. The zero-order chi connectivity index (χ0) is 28.8. The highest BCUT2D eigenvalue weighted by molar-refractivity contribution is 5.33. The van der Waals surface area contributed by atoms with Gasteiger partial charge in [-0.15, -0.1) is 0 Å². The number of rotatable bonds is 9. The van der Waals surface area contributed by atoms with E-state index in [-0.39, 0.29) is 46.8 Å². The molecule has 1 aliphatic heterocycles. The van der Waals surface area contributed by atoms with E-state index in [4.69, 9.17) is 0 Å². The van der Waals surface area contributed by atoms with Gasteiger partial charge >= 0.3 is 0 Å². The first-order valence-corrected chi connectivity index (χ1v) is 17.4. The van der Waals surface area contributed by atoms with Crippen molar-refractivity contribution in [2.24, 2.45) is 57.7 Å². The molecule has 5 saturated carbocycles. The smallest absolute Gasteiger partial charge is 0.0693 e. The van der Waals surface area contributed by atoms with Crippen molar-refractivity contribution in [2.45, 2.75) is 121 Å². The number of allylic oxidation sites excluding steroid dienone is 1. The van der Waals surface area contributed by atoms with Gasteiger partial charge in [0.1, 0.15) is 0 Å². The first kappa shape index (κ1) is 29.2. The van der Waals surface area contributed by atoms with Crippen LogP contribution in [0.4, 0.5) is 0 Å². The average molecular weight is 570 g/mol. The summed E-state index contributed by atoms with van der Waals surface area (Å²) in [6.07, 6.45) is 18.2. The zero-order valence-electron chi connectivity index (χ0n) is 26.2. The minimum Gasteiger partial charge on any atom is -0.395 e. The van der Waals surface area contributed by atoms with Crippen LogP contribution in [0.15, 0.2) is 12.2 Å². The molecule has 232 valence electrons. The number of aliphatic hydroxyl groups excluding tert-OH is 2. The van der Waals surface area contributed by atoms with Gasteiger partial charge in [-0.25, -0.2) is 0 Å². The molecule has 41 heavy (non-hydrogen) atoms. The highest BCUT2D eigenvalue weighted by atomic mass is 16.3. The van der Waals surface area contributed by atoms with Crippen LogP contribution in [0.25, 0.3) is 0 Å². The van der Waals surface area contributed by atoms with Crippen LogP contribution in [0.3, 0.4) is 0 Å². The Bertz CT molecular complexity index is 1020. The van der Waals surface area contributed by atoms with Crippen molar-refractivity contribution in [2.75, 3.05) is 27.2 Å². The number of hydrogen-bond donors (Lipinski definition) is 6. The maximum absolute atomic E-state index is 12.8. The van der Waals surface area contributed by atoms with Gasteiger partial charge in [0, 0.05) is 36.0 Å². The van der Waals surface area contributed by atoms with E-state index in [1.54, 1.807) is 0 Å². The van der Waals surface area contributed by atoms with Gasteiger partial charge in [-0.2, -0.15) is 0 Å². The van der Waals surface area contributed by atoms with E-state index in [9.17, 15) is 15.3 Å². The van der Waals surface area contributed by atoms with Gasteiger partial charge in [-0.3, -0.25) is 0 Å². The molecule has 15 atom stereocenters. The van der Waals surface area contributed by atoms with Crippen LogP contribution in [0.2, 0.25) is 0 Å². The second kappa shape index (κ2) is 10.3. The van der Waals surface area contributed by atoms with Gasteiger partial charge in [-0.05, 0) is 125 Å². The molecule has 7 aliphatic rings. The normalized spacial score (nSPS) is 54.3. The largest absolute Gasteiger partial charge is 0.395 e. The molecule has 15 unspecified atom stereocenters. The van der Waals surface area contributed by atoms with Crippen LogP contribution >= 0.6 is 0 Å². The van der Waals surface area contributed by atoms with E-state index in [2.05, 4.69) is 49.0 Å². The Kier molecular flexibility index (Phi) is 7.32. The molecule has 3 bridgehead atoms. The van der Waals surface area contributed by atoms with E-state index in [1.165, 1.54) is 38.5 Å². The summed E-state index contributed by atoms with van der Waals surface area (Å²) in [6.45, 7) is 5.91. The lowest BCUT2D eigenvalue weighted by molar-refractivity contribution is -0.308. The van der Waals surface area contributed by atoms with Crippen molar-refractivity contribution in [3.63, 3.8) is 0 Å². The number of aliphatic hydroxyl groups is 3. The van der Waals surface area contributed by atoms with Crippen molar-refractivity contribution in [3.8, 4) is 0 Å². The minimum atomic E-state index is -0.627. The van der Waals surface area contributed by atoms with E-state index >= 15 is 0 Å².